The van der Waals surface area contributed by atoms with Gasteiger partial charge in [-0.05, 0) is 11.6 Å². The summed E-state index contributed by atoms with van der Waals surface area (Å²) in [7, 11) is 0. The number of hydrogen-bond donors (Lipinski definition) is 0. The summed E-state index contributed by atoms with van der Waals surface area (Å²) in [5, 5.41) is 12.0. The number of rotatable bonds is 4. The Morgan fingerprint density at radius 3 is 1.67 bits per heavy atom. The van der Waals surface area contributed by atoms with Crippen LogP contribution in [0.2, 0.25) is 0 Å². The zero-order valence-electron chi connectivity index (χ0n) is 14.4. The molecule has 4 rings (SSSR count). The minimum absolute atomic E-state index is 0.0204. The van der Waals surface area contributed by atoms with Gasteiger partial charge in [0.25, 0.3) is 0 Å². The second kappa shape index (κ2) is 7.22. The number of benzene rings is 3. The van der Waals surface area contributed by atoms with Crippen molar-refractivity contribution >= 4 is 5.69 Å². The summed E-state index contributed by atoms with van der Waals surface area (Å²) in [4.78, 5) is 16.3. The van der Waals surface area contributed by atoms with Crippen molar-refractivity contribution in [1.82, 2.24) is 4.98 Å². The zero-order valence-corrected chi connectivity index (χ0v) is 14.4. The normalized spacial score (nSPS) is 10.5. The van der Waals surface area contributed by atoms with Crippen molar-refractivity contribution in [3.63, 3.8) is 0 Å². The summed E-state index contributed by atoms with van der Waals surface area (Å²) in [6.07, 6.45) is 0. The molecule has 0 saturated heterocycles. The third-order valence-electron chi connectivity index (χ3n) is 4.38. The molecule has 1 heterocycles. The first kappa shape index (κ1) is 16.7. The summed E-state index contributed by atoms with van der Waals surface area (Å²) < 4.78 is 0. The Kier molecular flexibility index (Phi) is 4.45. The fraction of sp³-hybridized carbons (Fsp3) is 0. The maximum atomic E-state index is 12.0. The van der Waals surface area contributed by atoms with Gasteiger partial charge in [-0.15, -0.1) is 0 Å². The van der Waals surface area contributed by atoms with Gasteiger partial charge in [0, 0.05) is 11.1 Å². The number of aromatic nitrogens is 1. The lowest BCUT2D eigenvalue weighted by Gasteiger charge is -2.11. The minimum atomic E-state index is -0.341. The van der Waals surface area contributed by atoms with Gasteiger partial charge in [0.15, 0.2) is 0 Å². The Morgan fingerprint density at radius 2 is 1.15 bits per heavy atom. The maximum absolute atomic E-state index is 12.0. The van der Waals surface area contributed by atoms with E-state index in [2.05, 4.69) is 4.98 Å². The molecule has 130 valence electrons. The molecule has 0 fully saturated rings. The van der Waals surface area contributed by atoms with Gasteiger partial charge in [0.05, 0.1) is 16.2 Å². The Labute approximate surface area is 156 Å². The quantitative estimate of drug-likeness (QED) is 0.335. The fourth-order valence-electron chi connectivity index (χ4n) is 3.11. The molecule has 1 aromatic heterocycles. The fourth-order valence-corrected chi connectivity index (χ4v) is 3.11. The van der Waals surface area contributed by atoms with Crippen LogP contribution >= 0.6 is 0 Å². The van der Waals surface area contributed by atoms with Gasteiger partial charge < -0.3 is 0 Å². The molecule has 0 unspecified atom stereocenters. The van der Waals surface area contributed by atoms with Crippen molar-refractivity contribution in [1.29, 1.82) is 0 Å². The van der Waals surface area contributed by atoms with Gasteiger partial charge in [0.2, 0.25) is 0 Å². The van der Waals surface area contributed by atoms with E-state index in [-0.39, 0.29) is 10.6 Å². The third kappa shape index (κ3) is 3.33. The molecule has 0 spiro atoms. The second-order valence-electron chi connectivity index (χ2n) is 6.11. The minimum Gasteiger partial charge on any atom is -0.258 e. The lowest BCUT2D eigenvalue weighted by molar-refractivity contribution is -0.383. The van der Waals surface area contributed by atoms with E-state index in [0.29, 0.717) is 17.0 Å². The molecular formula is C23H16N2O2. The lowest BCUT2D eigenvalue weighted by Crippen LogP contribution is -2.00. The first-order valence-corrected chi connectivity index (χ1v) is 8.60. The summed E-state index contributed by atoms with van der Waals surface area (Å²) in [6.45, 7) is 0. The van der Waals surface area contributed by atoms with E-state index in [9.17, 15) is 10.1 Å². The van der Waals surface area contributed by atoms with Gasteiger partial charge in [-0.3, -0.25) is 10.1 Å². The average molecular weight is 352 g/mol. The van der Waals surface area contributed by atoms with Crippen molar-refractivity contribution in [3.8, 4) is 33.6 Å². The highest BCUT2D eigenvalue weighted by Crippen LogP contribution is 2.39. The first-order chi connectivity index (χ1) is 13.2. The Hall–Kier alpha value is -3.79. The van der Waals surface area contributed by atoms with Crippen LogP contribution in [-0.4, -0.2) is 9.91 Å². The first-order valence-electron chi connectivity index (χ1n) is 8.60. The van der Waals surface area contributed by atoms with E-state index in [0.717, 1.165) is 16.7 Å². The van der Waals surface area contributed by atoms with Crippen molar-refractivity contribution in [2.75, 3.05) is 0 Å². The van der Waals surface area contributed by atoms with Gasteiger partial charge in [-0.1, -0.05) is 91.0 Å². The largest absolute Gasteiger partial charge is 0.303 e. The standard InChI is InChI=1S/C23H16N2O2/c26-25(27)23-20(17-10-4-1-5-11-17)16-21(18-12-6-2-7-13-18)24-22(23)19-14-8-3-9-15-19/h1-16H. The highest BCUT2D eigenvalue weighted by molar-refractivity contribution is 5.87. The van der Waals surface area contributed by atoms with Gasteiger partial charge in [-0.2, -0.15) is 0 Å². The smallest absolute Gasteiger partial charge is 0.258 e. The highest BCUT2D eigenvalue weighted by Gasteiger charge is 2.25. The summed E-state index contributed by atoms with van der Waals surface area (Å²) in [5.41, 5.74) is 4.10. The van der Waals surface area contributed by atoms with E-state index in [1.807, 2.05) is 91.0 Å². The summed E-state index contributed by atoms with van der Waals surface area (Å²) in [6, 6.07) is 30.2. The van der Waals surface area contributed by atoms with Crippen LogP contribution in [0, 0.1) is 10.1 Å². The molecule has 4 aromatic rings. The Morgan fingerprint density at radius 1 is 0.667 bits per heavy atom. The van der Waals surface area contributed by atoms with E-state index in [1.54, 1.807) is 6.07 Å². The highest BCUT2D eigenvalue weighted by atomic mass is 16.6. The molecule has 27 heavy (non-hydrogen) atoms. The van der Waals surface area contributed by atoms with Gasteiger partial charge in [-0.25, -0.2) is 4.98 Å². The summed E-state index contributed by atoms with van der Waals surface area (Å²) >= 11 is 0. The monoisotopic (exact) mass is 352 g/mol. The van der Waals surface area contributed by atoms with Crippen LogP contribution in [0.4, 0.5) is 5.69 Å². The second-order valence-corrected chi connectivity index (χ2v) is 6.11. The van der Waals surface area contributed by atoms with Crippen molar-refractivity contribution in [2.24, 2.45) is 0 Å². The molecule has 0 radical (unpaired) electrons. The molecule has 0 bridgehead atoms. The van der Waals surface area contributed by atoms with Crippen molar-refractivity contribution in [2.45, 2.75) is 0 Å². The molecule has 0 saturated carbocycles. The van der Waals surface area contributed by atoms with Gasteiger partial charge in [0.1, 0.15) is 5.69 Å². The Bertz CT molecular complexity index is 1020. The van der Waals surface area contributed by atoms with Crippen molar-refractivity contribution < 1.29 is 4.92 Å². The number of pyridine rings is 1. The van der Waals surface area contributed by atoms with E-state index < -0.39 is 0 Å². The molecular weight excluding hydrogens is 336 g/mol. The third-order valence-corrected chi connectivity index (χ3v) is 4.38. The molecule has 4 heteroatoms. The van der Waals surface area contributed by atoms with Crippen LogP contribution in [-0.2, 0) is 0 Å². The Balaban J connectivity index is 2.06. The molecule has 3 aromatic carbocycles. The number of nitro groups is 1. The van der Waals surface area contributed by atoms with Crippen LogP contribution in [0.5, 0.6) is 0 Å². The van der Waals surface area contributed by atoms with Crippen LogP contribution in [0.25, 0.3) is 33.6 Å². The number of nitrogens with zero attached hydrogens (tertiary/aromatic N) is 2. The predicted molar refractivity (Wildman–Crippen MR) is 107 cm³/mol. The van der Waals surface area contributed by atoms with E-state index in [1.165, 1.54) is 0 Å². The number of hydrogen-bond acceptors (Lipinski definition) is 3. The SMILES string of the molecule is O=[N+]([O-])c1c(-c2ccccc2)cc(-c2ccccc2)nc1-c1ccccc1. The van der Waals surface area contributed by atoms with Crippen LogP contribution in [0.15, 0.2) is 97.1 Å². The average Bonchev–Trinajstić information content (AvgIpc) is 2.74. The maximum Gasteiger partial charge on any atom is 0.303 e. The van der Waals surface area contributed by atoms with Crippen LogP contribution < -0.4 is 0 Å². The van der Waals surface area contributed by atoms with Crippen LogP contribution in [0.3, 0.4) is 0 Å². The molecule has 0 N–H and O–H groups in total. The summed E-state index contributed by atoms with van der Waals surface area (Å²) in [5.74, 6) is 0. The molecule has 0 aliphatic rings. The molecule has 0 aliphatic carbocycles. The molecule has 0 atom stereocenters. The van der Waals surface area contributed by atoms with Crippen molar-refractivity contribution in [3.05, 3.63) is 107 Å². The zero-order chi connectivity index (χ0) is 18.6. The molecule has 0 amide bonds. The molecule has 0 aliphatic heterocycles. The predicted octanol–water partition coefficient (Wildman–Crippen LogP) is 5.99. The van der Waals surface area contributed by atoms with Crippen LogP contribution in [0.1, 0.15) is 0 Å². The van der Waals surface area contributed by atoms with E-state index >= 15 is 0 Å². The van der Waals surface area contributed by atoms with E-state index in [4.69, 9.17) is 0 Å². The topological polar surface area (TPSA) is 56.0 Å². The van der Waals surface area contributed by atoms with Gasteiger partial charge >= 0.3 is 5.69 Å². The lowest BCUT2D eigenvalue weighted by atomic mass is 9.97. The molecule has 4 nitrogen and oxygen atoms in total.